The van der Waals surface area contributed by atoms with Crippen molar-refractivity contribution in [1.29, 1.82) is 0 Å². The Morgan fingerprint density at radius 3 is 2.40 bits per heavy atom. The summed E-state index contributed by atoms with van der Waals surface area (Å²) >= 11 is 0. The lowest BCUT2D eigenvalue weighted by molar-refractivity contribution is 0.149. The number of aliphatic hydroxyl groups excluding tert-OH is 1. The van der Waals surface area contributed by atoms with E-state index in [1.807, 2.05) is 19.1 Å². The molecule has 1 unspecified atom stereocenters. The molecule has 0 amide bonds. The molecule has 0 bridgehead atoms. The summed E-state index contributed by atoms with van der Waals surface area (Å²) in [4.78, 5) is 0. The van der Waals surface area contributed by atoms with E-state index in [2.05, 4.69) is 0 Å². The maximum absolute atomic E-state index is 12.1. The molecule has 4 nitrogen and oxygen atoms in total. The van der Waals surface area contributed by atoms with E-state index in [1.165, 1.54) is 4.31 Å². The second-order valence-corrected chi connectivity index (χ2v) is 6.82. The summed E-state index contributed by atoms with van der Waals surface area (Å²) < 4.78 is 37.3. The van der Waals surface area contributed by atoms with E-state index in [0.717, 1.165) is 5.56 Å². The molecule has 0 aliphatic heterocycles. The quantitative estimate of drug-likeness (QED) is 0.799. The molecule has 0 aliphatic rings. The number of hydrogen-bond acceptors (Lipinski definition) is 3. The SMILES string of the molecule is CCN(CC(O)c1ccc(C)cc1)S(=O)(=O)CCCF. The maximum atomic E-state index is 12.1. The number of sulfonamides is 1. The van der Waals surface area contributed by atoms with Gasteiger partial charge in [-0.1, -0.05) is 36.8 Å². The third kappa shape index (κ3) is 4.85. The smallest absolute Gasteiger partial charge is 0.214 e. The standard InChI is InChI=1S/C14H22FNO3S/c1-3-16(20(18,19)10-4-9-15)11-14(17)13-7-5-12(2)6-8-13/h5-8,14,17H,3-4,9-11H2,1-2H3. The summed E-state index contributed by atoms with van der Waals surface area (Å²) in [6.45, 7) is 3.24. The Morgan fingerprint density at radius 1 is 1.30 bits per heavy atom. The largest absolute Gasteiger partial charge is 0.387 e. The third-order valence-corrected chi connectivity index (χ3v) is 5.12. The van der Waals surface area contributed by atoms with Crippen LogP contribution in [0.5, 0.6) is 0 Å². The highest BCUT2D eigenvalue weighted by Gasteiger charge is 2.23. The van der Waals surface area contributed by atoms with E-state index in [9.17, 15) is 17.9 Å². The first kappa shape index (κ1) is 17.1. The molecule has 0 radical (unpaired) electrons. The van der Waals surface area contributed by atoms with Gasteiger partial charge in [-0.05, 0) is 18.9 Å². The zero-order valence-corrected chi connectivity index (χ0v) is 12.7. The van der Waals surface area contributed by atoms with Crippen molar-refractivity contribution >= 4 is 10.0 Å². The normalized spacial score (nSPS) is 13.7. The first-order chi connectivity index (χ1) is 9.40. The Bertz CT molecular complexity index is 502. The van der Waals surface area contributed by atoms with Crippen molar-refractivity contribution in [3.63, 3.8) is 0 Å². The van der Waals surface area contributed by atoms with Crippen LogP contribution in [0, 0.1) is 6.92 Å². The second-order valence-electron chi connectivity index (χ2n) is 4.74. The Labute approximate surface area is 120 Å². The molecule has 1 atom stereocenters. The minimum atomic E-state index is -3.51. The predicted octanol–water partition coefficient (Wildman–Crippen LogP) is 2.04. The van der Waals surface area contributed by atoms with Crippen LogP contribution in [0.4, 0.5) is 4.39 Å². The van der Waals surface area contributed by atoms with Crippen molar-refractivity contribution in [1.82, 2.24) is 4.31 Å². The Morgan fingerprint density at radius 2 is 1.90 bits per heavy atom. The first-order valence-electron chi connectivity index (χ1n) is 6.69. The van der Waals surface area contributed by atoms with Gasteiger partial charge in [-0.15, -0.1) is 0 Å². The molecule has 0 fully saturated rings. The monoisotopic (exact) mass is 303 g/mol. The summed E-state index contributed by atoms with van der Waals surface area (Å²) in [5, 5.41) is 10.1. The highest BCUT2D eigenvalue weighted by Crippen LogP contribution is 2.17. The van der Waals surface area contributed by atoms with E-state index in [1.54, 1.807) is 19.1 Å². The van der Waals surface area contributed by atoms with E-state index in [0.29, 0.717) is 5.56 Å². The van der Waals surface area contributed by atoms with Crippen LogP contribution in [0.25, 0.3) is 0 Å². The number of benzene rings is 1. The highest BCUT2D eigenvalue weighted by molar-refractivity contribution is 7.89. The Kier molecular flexibility index (Phi) is 6.58. The summed E-state index contributed by atoms with van der Waals surface area (Å²) in [5.41, 5.74) is 1.75. The van der Waals surface area contributed by atoms with Crippen LogP contribution in [-0.2, 0) is 10.0 Å². The molecular formula is C14H22FNO3S. The van der Waals surface area contributed by atoms with Gasteiger partial charge in [-0.25, -0.2) is 8.42 Å². The molecule has 0 aromatic heterocycles. The fourth-order valence-electron chi connectivity index (χ4n) is 1.89. The summed E-state index contributed by atoms with van der Waals surface area (Å²) in [7, 11) is -3.51. The topological polar surface area (TPSA) is 57.6 Å². The van der Waals surface area contributed by atoms with Gasteiger partial charge in [0.15, 0.2) is 0 Å². The van der Waals surface area contributed by atoms with Crippen molar-refractivity contribution in [3.8, 4) is 0 Å². The average molecular weight is 303 g/mol. The number of hydrogen-bond donors (Lipinski definition) is 1. The molecule has 0 heterocycles. The summed E-state index contributed by atoms with van der Waals surface area (Å²) in [6.07, 6.45) is -0.893. The molecule has 1 N–H and O–H groups in total. The summed E-state index contributed by atoms with van der Waals surface area (Å²) in [5.74, 6) is -0.224. The summed E-state index contributed by atoms with van der Waals surface area (Å²) in [6, 6.07) is 7.29. The first-order valence-corrected chi connectivity index (χ1v) is 8.30. The molecule has 0 spiro atoms. The number of alkyl halides is 1. The number of nitrogens with zero attached hydrogens (tertiary/aromatic N) is 1. The lowest BCUT2D eigenvalue weighted by Crippen LogP contribution is -2.36. The van der Waals surface area contributed by atoms with Crippen molar-refractivity contribution in [3.05, 3.63) is 35.4 Å². The van der Waals surface area contributed by atoms with Gasteiger partial charge < -0.3 is 5.11 Å². The predicted molar refractivity (Wildman–Crippen MR) is 77.8 cm³/mol. The van der Waals surface area contributed by atoms with Gasteiger partial charge in [-0.2, -0.15) is 4.31 Å². The van der Waals surface area contributed by atoms with Crippen molar-refractivity contribution in [2.75, 3.05) is 25.5 Å². The minimum absolute atomic E-state index is 0.00577. The van der Waals surface area contributed by atoms with Gasteiger partial charge >= 0.3 is 0 Å². The second kappa shape index (κ2) is 7.71. The molecule has 1 aromatic carbocycles. The van der Waals surface area contributed by atoms with Crippen LogP contribution in [0.3, 0.4) is 0 Å². The van der Waals surface area contributed by atoms with E-state index in [-0.39, 0.29) is 25.3 Å². The molecule has 0 aliphatic carbocycles. The lowest BCUT2D eigenvalue weighted by atomic mass is 10.1. The maximum Gasteiger partial charge on any atom is 0.214 e. The van der Waals surface area contributed by atoms with Gasteiger partial charge in [0, 0.05) is 13.1 Å². The number of aliphatic hydroxyl groups is 1. The van der Waals surface area contributed by atoms with Crippen LogP contribution < -0.4 is 0 Å². The fourth-order valence-corrected chi connectivity index (χ4v) is 3.39. The molecule has 6 heteroatoms. The van der Waals surface area contributed by atoms with Crippen molar-refractivity contribution in [2.45, 2.75) is 26.4 Å². The van der Waals surface area contributed by atoms with Crippen molar-refractivity contribution < 1.29 is 17.9 Å². The lowest BCUT2D eigenvalue weighted by Gasteiger charge is -2.23. The van der Waals surface area contributed by atoms with Crippen LogP contribution in [0.15, 0.2) is 24.3 Å². The van der Waals surface area contributed by atoms with Gasteiger partial charge in [-0.3, -0.25) is 4.39 Å². The zero-order valence-electron chi connectivity index (χ0n) is 11.9. The number of rotatable bonds is 8. The minimum Gasteiger partial charge on any atom is -0.387 e. The van der Waals surface area contributed by atoms with Gasteiger partial charge in [0.1, 0.15) is 0 Å². The van der Waals surface area contributed by atoms with Crippen molar-refractivity contribution in [2.24, 2.45) is 0 Å². The Hall–Kier alpha value is -0.980. The van der Waals surface area contributed by atoms with E-state index >= 15 is 0 Å². The third-order valence-electron chi connectivity index (χ3n) is 3.12. The molecule has 1 aromatic rings. The number of halogens is 1. The van der Waals surface area contributed by atoms with Gasteiger partial charge in [0.25, 0.3) is 0 Å². The van der Waals surface area contributed by atoms with Gasteiger partial charge in [0.05, 0.1) is 18.5 Å². The highest BCUT2D eigenvalue weighted by atomic mass is 32.2. The number of aryl methyl sites for hydroxylation is 1. The molecule has 0 saturated carbocycles. The Balaban J connectivity index is 2.75. The molecule has 0 saturated heterocycles. The van der Waals surface area contributed by atoms with Gasteiger partial charge in [0.2, 0.25) is 10.0 Å². The molecular weight excluding hydrogens is 281 g/mol. The van der Waals surface area contributed by atoms with Crippen LogP contribution in [0.2, 0.25) is 0 Å². The average Bonchev–Trinajstić information content (AvgIpc) is 2.42. The van der Waals surface area contributed by atoms with E-state index < -0.39 is 22.8 Å². The number of likely N-dealkylation sites (N-methyl/N-ethyl adjacent to an activating group) is 1. The zero-order chi connectivity index (χ0) is 15.2. The molecule has 20 heavy (non-hydrogen) atoms. The molecule has 114 valence electrons. The molecule has 1 rings (SSSR count). The fraction of sp³-hybridized carbons (Fsp3) is 0.571. The van der Waals surface area contributed by atoms with Crippen LogP contribution in [-0.4, -0.2) is 43.3 Å². The van der Waals surface area contributed by atoms with Crippen LogP contribution >= 0.6 is 0 Å². The van der Waals surface area contributed by atoms with Crippen LogP contribution in [0.1, 0.15) is 30.6 Å². The van der Waals surface area contributed by atoms with E-state index in [4.69, 9.17) is 0 Å².